The van der Waals surface area contributed by atoms with E-state index in [0.717, 1.165) is 12.1 Å². The Labute approximate surface area is 95.9 Å². The third-order valence-electron chi connectivity index (χ3n) is 2.41. The molecule has 0 aliphatic rings. The van der Waals surface area contributed by atoms with Crippen molar-refractivity contribution in [2.75, 3.05) is 0 Å². The fraction of sp³-hybridized carbons (Fsp3) is 0.182. The Morgan fingerprint density at radius 2 is 2.12 bits per heavy atom. The number of nitrogens with one attached hydrogen (secondary N) is 1. The zero-order valence-corrected chi connectivity index (χ0v) is 9.08. The third-order valence-corrected chi connectivity index (χ3v) is 2.41. The minimum atomic E-state index is -0.889. The van der Waals surface area contributed by atoms with Crippen LogP contribution in [-0.4, -0.2) is 5.10 Å². The van der Waals surface area contributed by atoms with Gasteiger partial charge in [0.25, 0.3) is 0 Å². The van der Waals surface area contributed by atoms with Gasteiger partial charge in [-0.05, 0) is 30.3 Å². The number of hydrogen-bond acceptors (Lipinski definition) is 2. The average Bonchev–Trinajstić information content (AvgIpc) is 2.64. The maximum Gasteiger partial charge on any atom is 0.225 e. The van der Waals surface area contributed by atoms with Crippen LogP contribution >= 0.6 is 0 Å². The van der Waals surface area contributed by atoms with Gasteiger partial charge in [0.15, 0.2) is 23.9 Å². The van der Waals surface area contributed by atoms with E-state index in [9.17, 15) is 13.7 Å². The van der Waals surface area contributed by atoms with Gasteiger partial charge in [-0.15, -0.1) is 9.59 Å². The average molecular weight is 238 g/mol. The number of aromatic nitrogens is 2. The van der Waals surface area contributed by atoms with Crippen molar-refractivity contribution in [3.05, 3.63) is 52.2 Å². The Balaban J connectivity index is 2.25. The van der Waals surface area contributed by atoms with Crippen LogP contribution in [0.4, 0.5) is 14.5 Å². The summed E-state index contributed by atoms with van der Waals surface area (Å²) in [7, 11) is 0. The fourth-order valence-electron chi connectivity index (χ4n) is 1.56. The second kappa shape index (κ2) is 4.40. The summed E-state index contributed by atoms with van der Waals surface area (Å²) < 4.78 is 27.3. The molecule has 0 aliphatic heterocycles. The summed E-state index contributed by atoms with van der Waals surface area (Å²) >= 11 is 0. The number of benzene rings is 1. The Bertz CT molecular complexity index is 566. The fourth-order valence-corrected chi connectivity index (χ4v) is 1.56. The highest BCUT2D eigenvalue weighted by Gasteiger charge is 2.13. The zero-order valence-electron chi connectivity index (χ0n) is 9.08. The molecule has 0 atom stereocenters. The summed E-state index contributed by atoms with van der Waals surface area (Å²) in [5.74, 6) is -1.77. The SMILES string of the molecule is Cc1[nH][n+](Cc2ccc(F)c(F)c2)cc1N=O. The van der Waals surface area contributed by atoms with Gasteiger partial charge >= 0.3 is 0 Å². The molecule has 0 saturated carbocycles. The molecular weight excluding hydrogens is 228 g/mol. The van der Waals surface area contributed by atoms with E-state index in [1.54, 1.807) is 11.6 Å². The van der Waals surface area contributed by atoms with E-state index in [0.29, 0.717) is 23.5 Å². The molecule has 0 unspecified atom stereocenters. The standard InChI is InChI=1S/C11H9F2N3O/c1-7-11(15-17)6-16(14-7)5-8-2-3-9(12)10(13)4-8/h2-4,6H,5H2,1H3/p+1. The van der Waals surface area contributed by atoms with Crippen LogP contribution in [0.1, 0.15) is 11.3 Å². The molecule has 0 amide bonds. The summed E-state index contributed by atoms with van der Waals surface area (Å²) in [6.45, 7) is 2.02. The number of nitrogens with zero attached hydrogens (tertiary/aromatic N) is 2. The van der Waals surface area contributed by atoms with Crippen LogP contribution in [0.25, 0.3) is 0 Å². The molecule has 1 heterocycles. The predicted octanol–water partition coefficient (Wildman–Crippen LogP) is 2.34. The summed E-state index contributed by atoms with van der Waals surface area (Å²) in [6.07, 6.45) is 1.52. The quantitative estimate of drug-likeness (QED) is 0.647. The van der Waals surface area contributed by atoms with Crippen molar-refractivity contribution < 1.29 is 13.5 Å². The number of H-pyrrole nitrogens is 1. The lowest BCUT2D eigenvalue weighted by Gasteiger charge is -1.96. The number of aromatic amines is 1. The molecule has 1 N–H and O–H groups in total. The summed E-state index contributed by atoms with van der Waals surface area (Å²) in [4.78, 5) is 10.4. The van der Waals surface area contributed by atoms with Crippen molar-refractivity contribution in [2.45, 2.75) is 13.5 Å². The number of rotatable bonds is 3. The van der Waals surface area contributed by atoms with Crippen LogP contribution in [0.5, 0.6) is 0 Å². The van der Waals surface area contributed by atoms with E-state index in [-0.39, 0.29) is 0 Å². The largest absolute Gasteiger partial charge is 0.225 e. The van der Waals surface area contributed by atoms with Crippen LogP contribution in [0.2, 0.25) is 0 Å². The van der Waals surface area contributed by atoms with Crippen LogP contribution in [0.15, 0.2) is 29.6 Å². The lowest BCUT2D eigenvalue weighted by Crippen LogP contribution is -2.35. The molecule has 0 saturated heterocycles. The Hall–Kier alpha value is -2.11. The second-order valence-electron chi connectivity index (χ2n) is 3.72. The summed E-state index contributed by atoms with van der Waals surface area (Å²) in [5.41, 5.74) is 1.52. The maximum absolute atomic E-state index is 13.0. The molecule has 0 fully saturated rings. The van der Waals surface area contributed by atoms with Gasteiger partial charge in [-0.2, -0.15) is 5.10 Å². The molecule has 88 valence electrons. The zero-order chi connectivity index (χ0) is 12.4. The molecule has 2 rings (SSSR count). The Morgan fingerprint density at radius 1 is 1.35 bits per heavy atom. The van der Waals surface area contributed by atoms with E-state index in [2.05, 4.69) is 10.3 Å². The molecule has 4 nitrogen and oxygen atoms in total. The van der Waals surface area contributed by atoms with Gasteiger partial charge < -0.3 is 0 Å². The molecule has 17 heavy (non-hydrogen) atoms. The van der Waals surface area contributed by atoms with Crippen molar-refractivity contribution in [1.82, 2.24) is 5.10 Å². The van der Waals surface area contributed by atoms with Gasteiger partial charge in [0.1, 0.15) is 5.69 Å². The third kappa shape index (κ3) is 2.35. The van der Waals surface area contributed by atoms with E-state index >= 15 is 0 Å². The van der Waals surface area contributed by atoms with E-state index in [1.807, 2.05) is 0 Å². The second-order valence-corrected chi connectivity index (χ2v) is 3.72. The van der Waals surface area contributed by atoms with Gasteiger partial charge in [0, 0.05) is 5.56 Å². The monoisotopic (exact) mass is 238 g/mol. The van der Waals surface area contributed by atoms with Gasteiger partial charge in [0.2, 0.25) is 6.20 Å². The molecule has 0 bridgehead atoms. The van der Waals surface area contributed by atoms with Crippen molar-refractivity contribution in [1.29, 1.82) is 0 Å². The van der Waals surface area contributed by atoms with Crippen molar-refractivity contribution >= 4 is 5.69 Å². The van der Waals surface area contributed by atoms with Gasteiger partial charge in [-0.25, -0.2) is 8.78 Å². The predicted molar refractivity (Wildman–Crippen MR) is 56.6 cm³/mol. The summed E-state index contributed by atoms with van der Waals surface area (Å²) in [6, 6.07) is 3.67. The van der Waals surface area contributed by atoms with Crippen LogP contribution in [0.3, 0.4) is 0 Å². The minimum absolute atomic E-state index is 0.299. The Morgan fingerprint density at radius 3 is 2.71 bits per heavy atom. The molecule has 0 radical (unpaired) electrons. The van der Waals surface area contributed by atoms with Crippen molar-refractivity contribution in [3.8, 4) is 0 Å². The van der Waals surface area contributed by atoms with Crippen molar-refractivity contribution in [3.63, 3.8) is 0 Å². The molecule has 6 heteroatoms. The van der Waals surface area contributed by atoms with Gasteiger partial charge in [-0.3, -0.25) is 0 Å². The topological polar surface area (TPSA) is 49.1 Å². The lowest BCUT2D eigenvalue weighted by molar-refractivity contribution is -0.742. The molecule has 0 aliphatic carbocycles. The first-order valence-electron chi connectivity index (χ1n) is 4.96. The minimum Gasteiger partial charge on any atom is -0.204 e. The van der Waals surface area contributed by atoms with Gasteiger partial charge in [0.05, 0.1) is 0 Å². The first-order chi connectivity index (χ1) is 8.10. The molecule has 1 aromatic heterocycles. The number of nitroso groups, excluding NO2 is 1. The lowest BCUT2D eigenvalue weighted by atomic mass is 10.2. The van der Waals surface area contributed by atoms with Crippen molar-refractivity contribution in [2.24, 2.45) is 5.18 Å². The van der Waals surface area contributed by atoms with Crippen LogP contribution in [0, 0.1) is 23.5 Å². The number of aryl methyl sites for hydroxylation is 1. The highest BCUT2D eigenvalue weighted by Crippen LogP contribution is 2.13. The van der Waals surface area contributed by atoms with Crippen LogP contribution < -0.4 is 4.68 Å². The van der Waals surface area contributed by atoms with E-state index in [1.165, 1.54) is 12.3 Å². The number of hydrogen-bond donors (Lipinski definition) is 1. The highest BCUT2D eigenvalue weighted by atomic mass is 19.2. The first-order valence-corrected chi connectivity index (χ1v) is 4.96. The smallest absolute Gasteiger partial charge is 0.204 e. The molecule has 0 spiro atoms. The molecule has 1 aromatic carbocycles. The highest BCUT2D eigenvalue weighted by molar-refractivity contribution is 5.35. The molecular formula is C11H10F2N3O+. The van der Waals surface area contributed by atoms with E-state index in [4.69, 9.17) is 0 Å². The molecule has 2 aromatic rings. The first kappa shape index (κ1) is 11.4. The summed E-state index contributed by atoms with van der Waals surface area (Å²) in [5, 5.41) is 5.71. The normalized spacial score (nSPS) is 10.5. The Kier molecular flexibility index (Phi) is 2.95. The van der Waals surface area contributed by atoms with Gasteiger partial charge in [-0.1, -0.05) is 0 Å². The van der Waals surface area contributed by atoms with Crippen LogP contribution in [-0.2, 0) is 6.54 Å². The maximum atomic E-state index is 13.0. The van der Waals surface area contributed by atoms with E-state index < -0.39 is 11.6 Å². The number of halogens is 2.